The first-order chi connectivity index (χ1) is 14.6. The predicted octanol–water partition coefficient (Wildman–Crippen LogP) is 4.33. The van der Waals surface area contributed by atoms with Gasteiger partial charge in [0, 0.05) is 27.6 Å². The molecule has 1 fully saturated rings. The number of rotatable bonds is 3. The minimum Gasteiger partial charge on any atom is -0.384 e. The molecule has 0 aromatic heterocycles. The number of benzene rings is 2. The number of hydrogen-bond donors (Lipinski definition) is 0. The van der Waals surface area contributed by atoms with Crippen LogP contribution < -0.4 is 0 Å². The van der Waals surface area contributed by atoms with Crippen molar-refractivity contribution < 1.29 is 19.2 Å². The molecule has 2 aromatic rings. The molecule has 0 spiro atoms. The first-order valence-electron chi connectivity index (χ1n) is 9.80. The molecule has 6 nitrogen and oxygen atoms in total. The van der Waals surface area contributed by atoms with Gasteiger partial charge in [-0.15, -0.1) is 0 Å². The largest absolute Gasteiger partial charge is 0.384 e. The van der Waals surface area contributed by atoms with Crippen LogP contribution in [-0.4, -0.2) is 41.2 Å². The van der Waals surface area contributed by atoms with E-state index in [0.717, 1.165) is 22.4 Å². The van der Waals surface area contributed by atoms with Crippen molar-refractivity contribution in [3.05, 3.63) is 68.7 Å². The van der Waals surface area contributed by atoms with Gasteiger partial charge in [-0.1, -0.05) is 34.4 Å². The van der Waals surface area contributed by atoms with Gasteiger partial charge < -0.3 is 9.74 Å². The molecule has 2 aliphatic heterocycles. The van der Waals surface area contributed by atoms with Crippen molar-refractivity contribution in [2.24, 2.45) is 5.16 Å². The maximum atomic E-state index is 12.8. The molecule has 0 saturated carbocycles. The Kier molecular flexibility index (Phi) is 5.62. The van der Waals surface area contributed by atoms with Gasteiger partial charge in [0.1, 0.15) is 0 Å². The second-order valence-corrected chi connectivity index (χ2v) is 9.01. The third-order valence-electron chi connectivity index (χ3n) is 5.54. The monoisotopic (exact) mass is 458 g/mol. The smallest absolute Gasteiger partial charge is 0.254 e. The number of carbonyl (C=O) groups excluding carboxylic acids is 3. The lowest BCUT2D eigenvalue weighted by atomic mass is 9.88. The third-order valence-corrected chi connectivity index (χ3v) is 5.98. The number of aryl methyl sites for hydroxylation is 1. The summed E-state index contributed by atoms with van der Waals surface area (Å²) in [6.07, 6.45) is 0.406. The molecule has 1 saturated heterocycles. The van der Waals surface area contributed by atoms with Crippen LogP contribution in [0.15, 0.2) is 41.6 Å². The van der Waals surface area contributed by atoms with Crippen LogP contribution >= 0.6 is 23.2 Å². The summed E-state index contributed by atoms with van der Waals surface area (Å²) in [5.41, 5.74) is 2.87. The minimum absolute atomic E-state index is 0.0349. The van der Waals surface area contributed by atoms with Crippen molar-refractivity contribution in [1.29, 1.82) is 0 Å². The van der Waals surface area contributed by atoms with Gasteiger partial charge in [0.15, 0.2) is 17.2 Å². The second kappa shape index (κ2) is 8.09. The van der Waals surface area contributed by atoms with E-state index in [-0.39, 0.29) is 37.0 Å². The van der Waals surface area contributed by atoms with Crippen molar-refractivity contribution in [2.45, 2.75) is 32.3 Å². The molecule has 1 amide bonds. The first kappa shape index (κ1) is 21.5. The zero-order valence-electron chi connectivity index (χ0n) is 17.1. The van der Waals surface area contributed by atoms with Crippen LogP contribution in [0.1, 0.15) is 46.8 Å². The Labute approximate surface area is 189 Å². The molecule has 1 atom stereocenters. The second-order valence-electron chi connectivity index (χ2n) is 8.14. The number of carbonyl (C=O) groups is 3. The van der Waals surface area contributed by atoms with Gasteiger partial charge in [-0.05, 0) is 55.3 Å². The van der Waals surface area contributed by atoms with E-state index in [1.54, 1.807) is 30.3 Å². The Hall–Kier alpha value is -2.70. The molecule has 1 unspecified atom stereocenters. The van der Waals surface area contributed by atoms with Crippen LogP contribution in [0, 0.1) is 6.92 Å². The molecule has 2 heterocycles. The van der Waals surface area contributed by atoms with E-state index < -0.39 is 5.60 Å². The molecule has 2 aromatic carbocycles. The van der Waals surface area contributed by atoms with Gasteiger partial charge in [0.05, 0.1) is 25.2 Å². The maximum Gasteiger partial charge on any atom is 0.254 e. The number of likely N-dealkylation sites (tertiary alicyclic amines) is 1. The van der Waals surface area contributed by atoms with Crippen molar-refractivity contribution >= 4 is 46.4 Å². The number of amides is 1. The maximum absolute atomic E-state index is 12.8. The standard InChI is InChI=1S/C23H20Cl2N2O4/c1-13-5-14(3-4-20(13)22(30)27-11-18(28)9-19(29)12-27)21-10-23(2,31-26-21)15-6-16(24)8-17(25)7-15/h3-8H,9-12H2,1-2H3. The van der Waals surface area contributed by atoms with E-state index in [4.69, 9.17) is 28.0 Å². The number of ketones is 2. The highest BCUT2D eigenvalue weighted by molar-refractivity contribution is 6.34. The summed E-state index contributed by atoms with van der Waals surface area (Å²) in [6, 6.07) is 10.6. The van der Waals surface area contributed by atoms with Crippen molar-refractivity contribution in [3.8, 4) is 0 Å². The highest BCUT2D eigenvalue weighted by atomic mass is 35.5. The number of Topliss-reactive ketones (excluding diaryl/α,β-unsaturated/α-hetero) is 2. The van der Waals surface area contributed by atoms with Crippen LogP contribution in [0.3, 0.4) is 0 Å². The minimum atomic E-state index is -0.708. The summed E-state index contributed by atoms with van der Waals surface area (Å²) in [7, 11) is 0. The third kappa shape index (κ3) is 4.36. The molecule has 0 bridgehead atoms. The quantitative estimate of drug-likeness (QED) is 0.641. The number of hydrogen-bond acceptors (Lipinski definition) is 5. The van der Waals surface area contributed by atoms with E-state index in [1.165, 1.54) is 4.90 Å². The van der Waals surface area contributed by atoms with E-state index in [1.807, 2.05) is 19.9 Å². The Morgan fingerprint density at radius 1 is 1.06 bits per heavy atom. The zero-order valence-corrected chi connectivity index (χ0v) is 18.6. The summed E-state index contributed by atoms with van der Waals surface area (Å²) in [6.45, 7) is 3.66. The molecular formula is C23H20Cl2N2O4. The van der Waals surface area contributed by atoms with E-state index in [0.29, 0.717) is 22.0 Å². The van der Waals surface area contributed by atoms with Crippen molar-refractivity contribution in [3.63, 3.8) is 0 Å². The SMILES string of the molecule is Cc1cc(C2=NOC(C)(c3cc(Cl)cc(Cl)c3)C2)ccc1C(=O)N1CC(=O)CC(=O)C1. The Morgan fingerprint density at radius 3 is 2.32 bits per heavy atom. The van der Waals surface area contributed by atoms with Gasteiger partial charge in [0.25, 0.3) is 5.91 Å². The molecule has 2 aliphatic rings. The molecular weight excluding hydrogens is 439 g/mol. The number of piperidine rings is 1. The fourth-order valence-corrected chi connectivity index (χ4v) is 4.45. The lowest BCUT2D eigenvalue weighted by molar-refractivity contribution is -0.131. The summed E-state index contributed by atoms with van der Waals surface area (Å²) >= 11 is 12.3. The van der Waals surface area contributed by atoms with Crippen molar-refractivity contribution in [1.82, 2.24) is 4.90 Å². The Balaban J connectivity index is 1.54. The fraction of sp³-hybridized carbons (Fsp3) is 0.304. The summed E-state index contributed by atoms with van der Waals surface area (Å²) in [5, 5.41) is 5.31. The first-order valence-corrected chi connectivity index (χ1v) is 10.6. The molecule has 160 valence electrons. The molecule has 4 rings (SSSR count). The Bertz CT molecular complexity index is 1110. The lowest BCUT2D eigenvalue weighted by Crippen LogP contribution is -2.44. The number of halogens is 2. The highest BCUT2D eigenvalue weighted by Gasteiger charge is 2.37. The van der Waals surface area contributed by atoms with Gasteiger partial charge in [-0.25, -0.2) is 0 Å². The van der Waals surface area contributed by atoms with E-state index in [2.05, 4.69) is 5.16 Å². The average molecular weight is 459 g/mol. The zero-order chi connectivity index (χ0) is 22.3. The van der Waals surface area contributed by atoms with Gasteiger partial charge in [-0.2, -0.15) is 0 Å². The molecule has 0 aliphatic carbocycles. The highest BCUT2D eigenvalue weighted by Crippen LogP contribution is 2.38. The topological polar surface area (TPSA) is 76.0 Å². The van der Waals surface area contributed by atoms with Crippen LogP contribution in [0.4, 0.5) is 0 Å². The van der Waals surface area contributed by atoms with E-state index in [9.17, 15) is 14.4 Å². The number of oxime groups is 1. The summed E-state index contributed by atoms with van der Waals surface area (Å²) in [5.74, 6) is -0.804. The molecule has 0 N–H and O–H groups in total. The number of nitrogens with zero attached hydrogens (tertiary/aromatic N) is 2. The van der Waals surface area contributed by atoms with Gasteiger partial charge in [-0.3, -0.25) is 14.4 Å². The van der Waals surface area contributed by atoms with Crippen LogP contribution in [0.25, 0.3) is 0 Å². The normalized spacial score (nSPS) is 21.2. The van der Waals surface area contributed by atoms with Crippen molar-refractivity contribution in [2.75, 3.05) is 13.1 Å². The molecule has 8 heteroatoms. The predicted molar refractivity (Wildman–Crippen MR) is 118 cm³/mol. The lowest BCUT2D eigenvalue weighted by Gasteiger charge is -2.25. The average Bonchev–Trinajstić information content (AvgIpc) is 3.09. The summed E-state index contributed by atoms with van der Waals surface area (Å²) in [4.78, 5) is 43.3. The van der Waals surface area contributed by atoms with Gasteiger partial charge in [0.2, 0.25) is 0 Å². The summed E-state index contributed by atoms with van der Waals surface area (Å²) < 4.78 is 0. The molecule has 31 heavy (non-hydrogen) atoms. The van der Waals surface area contributed by atoms with E-state index >= 15 is 0 Å². The molecule has 0 radical (unpaired) electrons. The van der Waals surface area contributed by atoms with Crippen LogP contribution in [0.2, 0.25) is 10.0 Å². The van der Waals surface area contributed by atoms with Crippen LogP contribution in [-0.2, 0) is 20.0 Å². The van der Waals surface area contributed by atoms with Crippen LogP contribution in [0.5, 0.6) is 0 Å². The Morgan fingerprint density at radius 2 is 1.71 bits per heavy atom. The fourth-order valence-electron chi connectivity index (χ4n) is 3.92. The van der Waals surface area contributed by atoms with Gasteiger partial charge >= 0.3 is 0 Å².